The minimum absolute atomic E-state index is 0.157. The van der Waals surface area contributed by atoms with Gasteiger partial charge in [-0.3, -0.25) is 4.79 Å². The molecule has 0 aliphatic rings. The summed E-state index contributed by atoms with van der Waals surface area (Å²) in [5.74, 6) is -0.187. The maximum atomic E-state index is 12.2. The van der Waals surface area contributed by atoms with Gasteiger partial charge in [0.2, 0.25) is 0 Å². The number of nitrogens with zero attached hydrogens (tertiary/aromatic N) is 1. The molecule has 8 heteroatoms. The van der Waals surface area contributed by atoms with Crippen LogP contribution >= 0.6 is 11.6 Å². The van der Waals surface area contributed by atoms with E-state index in [1.54, 1.807) is 19.9 Å². The number of hydrogen-bond acceptors (Lipinski definition) is 4. The van der Waals surface area contributed by atoms with Gasteiger partial charge in [0.25, 0.3) is 5.91 Å². The van der Waals surface area contributed by atoms with Crippen LogP contribution in [0.5, 0.6) is 0 Å². The second kappa shape index (κ2) is 7.28. The first kappa shape index (κ1) is 18.7. The van der Waals surface area contributed by atoms with Gasteiger partial charge in [-0.15, -0.1) is 0 Å². The van der Waals surface area contributed by atoms with E-state index >= 15 is 0 Å². The zero-order chi connectivity index (χ0) is 19.6. The second-order valence-corrected chi connectivity index (χ2v) is 7.05. The highest BCUT2D eigenvalue weighted by atomic mass is 35.5. The number of hydrogen-bond donors (Lipinski definition) is 3. The quantitative estimate of drug-likeness (QED) is 0.623. The summed E-state index contributed by atoms with van der Waals surface area (Å²) in [6.07, 6.45) is -0.586. The van der Waals surface area contributed by atoms with E-state index in [1.165, 1.54) is 6.07 Å². The maximum Gasteiger partial charge on any atom is 0.408 e. The smallest absolute Gasteiger partial charge is 0.408 e. The number of nitrogens with one attached hydrogen (secondary N) is 2. The molecule has 0 atom stereocenters. The van der Waals surface area contributed by atoms with Crippen molar-refractivity contribution in [2.75, 3.05) is 0 Å². The third kappa shape index (κ3) is 4.20. The highest BCUT2D eigenvalue weighted by Gasteiger charge is 2.28. The number of halogens is 1. The van der Waals surface area contributed by atoms with Crippen molar-refractivity contribution < 1.29 is 14.3 Å². The Balaban J connectivity index is 1.79. The number of nitrogens with two attached hydrogens (primary N) is 1. The fraction of sp³-hybridized carbons (Fsp3) is 0.211. The lowest BCUT2D eigenvalue weighted by Crippen LogP contribution is -2.42. The summed E-state index contributed by atoms with van der Waals surface area (Å²) in [6.45, 7) is 3.68. The Labute approximate surface area is 160 Å². The fourth-order valence-electron chi connectivity index (χ4n) is 2.64. The normalized spacial score (nSPS) is 11.4. The zero-order valence-electron chi connectivity index (χ0n) is 14.9. The van der Waals surface area contributed by atoms with Crippen LogP contribution in [0.3, 0.4) is 0 Å². The zero-order valence-corrected chi connectivity index (χ0v) is 15.6. The molecule has 140 valence electrons. The van der Waals surface area contributed by atoms with Crippen molar-refractivity contribution in [3.63, 3.8) is 0 Å². The van der Waals surface area contributed by atoms with E-state index in [1.807, 2.05) is 30.3 Å². The van der Waals surface area contributed by atoms with Gasteiger partial charge in [0.05, 0.1) is 16.6 Å². The van der Waals surface area contributed by atoms with Crippen molar-refractivity contribution in [2.24, 2.45) is 5.73 Å². The Kier molecular flexibility index (Phi) is 5.05. The molecule has 0 fully saturated rings. The van der Waals surface area contributed by atoms with E-state index in [0.717, 1.165) is 5.56 Å². The van der Waals surface area contributed by atoms with Gasteiger partial charge in [0.15, 0.2) is 0 Å². The number of alkyl carbamates (subject to hydrolysis) is 1. The molecule has 7 nitrogen and oxygen atoms in total. The highest BCUT2D eigenvalue weighted by Crippen LogP contribution is 2.26. The lowest BCUT2D eigenvalue weighted by molar-refractivity contribution is 0.100. The van der Waals surface area contributed by atoms with E-state index in [9.17, 15) is 9.59 Å². The molecule has 3 rings (SSSR count). The summed E-state index contributed by atoms with van der Waals surface area (Å²) < 4.78 is 5.25. The Morgan fingerprint density at radius 1 is 1.26 bits per heavy atom. The number of benzene rings is 2. The summed E-state index contributed by atoms with van der Waals surface area (Å²) in [7, 11) is 0. The average Bonchev–Trinajstić information content (AvgIpc) is 3.04. The van der Waals surface area contributed by atoms with E-state index in [2.05, 4.69) is 15.3 Å². The van der Waals surface area contributed by atoms with Crippen LogP contribution in [0.4, 0.5) is 4.79 Å². The minimum atomic E-state index is -0.881. The summed E-state index contributed by atoms with van der Waals surface area (Å²) in [5.41, 5.74) is 6.57. The van der Waals surface area contributed by atoms with Gasteiger partial charge < -0.3 is 20.8 Å². The number of rotatable bonds is 5. The number of ether oxygens (including phenoxy) is 1. The lowest BCUT2D eigenvalue weighted by Gasteiger charge is -2.23. The molecule has 0 aliphatic heterocycles. The predicted octanol–water partition coefficient (Wildman–Crippen LogP) is 3.48. The van der Waals surface area contributed by atoms with Crippen LogP contribution < -0.4 is 11.1 Å². The number of aromatic amines is 1. The van der Waals surface area contributed by atoms with Gasteiger partial charge in [-0.1, -0.05) is 41.9 Å². The molecular formula is C19H19ClN4O3. The first-order chi connectivity index (χ1) is 12.8. The van der Waals surface area contributed by atoms with Crippen LogP contribution in [0.25, 0.3) is 11.0 Å². The summed E-state index contributed by atoms with van der Waals surface area (Å²) >= 11 is 6.03. The molecule has 0 unspecified atom stereocenters. The van der Waals surface area contributed by atoms with Crippen molar-refractivity contribution in [1.29, 1.82) is 0 Å². The number of H-pyrrole nitrogens is 1. The Bertz CT molecular complexity index is 999. The van der Waals surface area contributed by atoms with Crippen LogP contribution in [-0.4, -0.2) is 22.0 Å². The van der Waals surface area contributed by atoms with Gasteiger partial charge in [0.1, 0.15) is 17.9 Å². The molecule has 27 heavy (non-hydrogen) atoms. The monoisotopic (exact) mass is 386 g/mol. The molecule has 0 radical (unpaired) electrons. The van der Waals surface area contributed by atoms with Crippen LogP contribution in [0.15, 0.2) is 42.5 Å². The van der Waals surface area contributed by atoms with Gasteiger partial charge in [0, 0.05) is 5.02 Å². The summed E-state index contributed by atoms with van der Waals surface area (Å²) in [4.78, 5) is 31.3. The predicted molar refractivity (Wildman–Crippen MR) is 102 cm³/mol. The van der Waals surface area contributed by atoms with Crippen LogP contribution in [0, 0.1) is 0 Å². The van der Waals surface area contributed by atoms with E-state index < -0.39 is 17.5 Å². The number of primary amides is 1. The van der Waals surface area contributed by atoms with Crippen molar-refractivity contribution in [3.05, 3.63) is 64.4 Å². The molecule has 0 aliphatic carbocycles. The Hall–Kier alpha value is -3.06. The largest absolute Gasteiger partial charge is 0.445 e. The molecule has 2 aromatic carbocycles. The third-order valence-electron chi connectivity index (χ3n) is 4.04. The van der Waals surface area contributed by atoms with Gasteiger partial charge in [-0.25, -0.2) is 9.78 Å². The topological polar surface area (TPSA) is 110 Å². The number of imidazole rings is 1. The number of fused-ring (bicyclic) bond motifs is 1. The van der Waals surface area contributed by atoms with Crippen molar-refractivity contribution in [2.45, 2.75) is 26.0 Å². The van der Waals surface area contributed by atoms with Gasteiger partial charge in [-0.05, 0) is 31.5 Å². The van der Waals surface area contributed by atoms with E-state index in [4.69, 9.17) is 22.1 Å². The van der Waals surface area contributed by atoms with Crippen molar-refractivity contribution in [3.8, 4) is 0 Å². The number of carbonyl (C=O) groups excluding carboxylic acids is 2. The molecule has 1 heterocycles. The number of amides is 2. The number of carbonyl (C=O) groups is 2. The third-order valence-corrected chi connectivity index (χ3v) is 4.25. The molecule has 3 aromatic rings. The maximum absolute atomic E-state index is 12.2. The van der Waals surface area contributed by atoms with Crippen molar-refractivity contribution in [1.82, 2.24) is 15.3 Å². The van der Waals surface area contributed by atoms with E-state index in [-0.39, 0.29) is 12.2 Å². The molecular weight excluding hydrogens is 368 g/mol. The molecule has 4 N–H and O–H groups in total. The molecule has 0 saturated carbocycles. The second-order valence-electron chi connectivity index (χ2n) is 6.61. The SMILES string of the molecule is CC(C)(NC(=O)OCc1ccccc1)c1nc2c(C(N)=O)cc(Cl)cc2[nH]1. The average molecular weight is 387 g/mol. The Morgan fingerprint density at radius 3 is 2.63 bits per heavy atom. The minimum Gasteiger partial charge on any atom is -0.445 e. The lowest BCUT2D eigenvalue weighted by atomic mass is 10.1. The molecule has 2 amide bonds. The van der Waals surface area contributed by atoms with Crippen LogP contribution in [-0.2, 0) is 16.9 Å². The number of aromatic nitrogens is 2. The van der Waals surface area contributed by atoms with Crippen molar-refractivity contribution >= 4 is 34.6 Å². The van der Waals surface area contributed by atoms with Gasteiger partial charge in [-0.2, -0.15) is 0 Å². The van der Waals surface area contributed by atoms with Gasteiger partial charge >= 0.3 is 6.09 Å². The first-order valence-electron chi connectivity index (χ1n) is 8.24. The van der Waals surface area contributed by atoms with E-state index in [0.29, 0.717) is 21.9 Å². The highest BCUT2D eigenvalue weighted by molar-refractivity contribution is 6.32. The fourth-order valence-corrected chi connectivity index (χ4v) is 2.86. The molecule has 0 spiro atoms. The Morgan fingerprint density at radius 2 is 1.96 bits per heavy atom. The molecule has 0 bridgehead atoms. The first-order valence-corrected chi connectivity index (χ1v) is 8.62. The van der Waals surface area contributed by atoms with Crippen LogP contribution in [0.2, 0.25) is 5.02 Å². The molecule has 1 aromatic heterocycles. The molecule has 0 saturated heterocycles. The summed E-state index contributed by atoms with van der Waals surface area (Å²) in [6, 6.07) is 12.5. The summed E-state index contributed by atoms with van der Waals surface area (Å²) in [5, 5.41) is 3.12. The standard InChI is InChI=1S/C19H19ClN4O3/c1-19(2,24-18(26)27-10-11-6-4-3-5-7-11)17-22-14-9-12(20)8-13(16(21)25)15(14)23-17/h3-9H,10H2,1-2H3,(H2,21,25)(H,22,23)(H,24,26). The van der Waals surface area contributed by atoms with Crippen LogP contribution in [0.1, 0.15) is 35.6 Å².